The second kappa shape index (κ2) is 9.15. The fourth-order valence-corrected chi connectivity index (χ4v) is 6.46. The third-order valence-corrected chi connectivity index (χ3v) is 8.71. The molecular formula is C26H26N2O3S2. The van der Waals surface area contributed by atoms with Crippen molar-refractivity contribution in [1.82, 2.24) is 4.98 Å². The number of fused-ring (bicyclic) bond motifs is 1. The van der Waals surface area contributed by atoms with Gasteiger partial charge < -0.3 is 4.74 Å². The molecule has 5 nitrogen and oxygen atoms in total. The fourth-order valence-electron chi connectivity index (χ4n) is 4.41. The van der Waals surface area contributed by atoms with Gasteiger partial charge in [-0.3, -0.25) is 4.72 Å². The molecule has 0 bridgehead atoms. The van der Waals surface area contributed by atoms with Crippen molar-refractivity contribution in [3.63, 3.8) is 0 Å². The van der Waals surface area contributed by atoms with Gasteiger partial charge in [0, 0.05) is 11.3 Å². The Balaban J connectivity index is 1.31. The summed E-state index contributed by atoms with van der Waals surface area (Å²) in [5.41, 5.74) is 3.62. The molecule has 0 atom stereocenters. The van der Waals surface area contributed by atoms with Gasteiger partial charge in [-0.2, -0.15) is 0 Å². The molecule has 1 saturated carbocycles. The topological polar surface area (TPSA) is 68.3 Å². The maximum Gasteiger partial charge on any atom is 0.261 e. The SMILES string of the molecule is COc1ccc2nc(-c3ccc(NS(=O)(=O)c4ccc(C5CCCCC5)cc4)cc3)sc2c1. The number of ether oxygens (including phenoxy) is 1. The number of methoxy groups -OCH3 is 1. The largest absolute Gasteiger partial charge is 0.497 e. The molecule has 1 aromatic heterocycles. The highest BCUT2D eigenvalue weighted by Crippen LogP contribution is 2.34. The third kappa shape index (κ3) is 4.75. The number of thiazole rings is 1. The standard InChI is InChI=1S/C26H26N2O3S2/c1-31-22-13-16-24-25(17-22)32-26(27-24)20-7-11-21(12-8-20)28-33(29,30)23-14-9-19(10-15-23)18-5-3-2-4-6-18/h7-18,28H,2-6H2,1H3. The molecule has 0 unspecified atom stereocenters. The lowest BCUT2D eigenvalue weighted by Gasteiger charge is -2.22. The van der Waals surface area contributed by atoms with Crippen LogP contribution in [0.3, 0.4) is 0 Å². The highest BCUT2D eigenvalue weighted by Gasteiger charge is 2.18. The van der Waals surface area contributed by atoms with Crippen LogP contribution in [0.1, 0.15) is 43.6 Å². The Morgan fingerprint density at radius 3 is 2.36 bits per heavy atom. The van der Waals surface area contributed by atoms with E-state index in [1.807, 2.05) is 42.5 Å². The normalized spacial score (nSPS) is 14.9. The van der Waals surface area contributed by atoms with E-state index in [-0.39, 0.29) is 4.90 Å². The van der Waals surface area contributed by atoms with E-state index in [0.29, 0.717) is 11.6 Å². The number of sulfonamides is 1. The van der Waals surface area contributed by atoms with Crippen LogP contribution in [0.4, 0.5) is 5.69 Å². The summed E-state index contributed by atoms with van der Waals surface area (Å²) < 4.78 is 34.8. The lowest BCUT2D eigenvalue weighted by atomic mass is 9.84. The molecule has 1 heterocycles. The van der Waals surface area contributed by atoms with Crippen molar-refractivity contribution in [2.45, 2.75) is 42.9 Å². The van der Waals surface area contributed by atoms with Crippen LogP contribution in [0.5, 0.6) is 5.75 Å². The Hall–Kier alpha value is -2.90. The summed E-state index contributed by atoms with van der Waals surface area (Å²) in [5, 5.41) is 0.881. The maximum atomic E-state index is 12.9. The Labute approximate surface area is 198 Å². The van der Waals surface area contributed by atoms with Crippen LogP contribution < -0.4 is 9.46 Å². The number of nitrogens with one attached hydrogen (secondary N) is 1. The minimum absolute atomic E-state index is 0.284. The van der Waals surface area contributed by atoms with Crippen LogP contribution in [-0.2, 0) is 10.0 Å². The van der Waals surface area contributed by atoms with Gasteiger partial charge in [0.05, 0.1) is 22.2 Å². The number of anilines is 1. The Morgan fingerprint density at radius 2 is 1.67 bits per heavy atom. The van der Waals surface area contributed by atoms with Crippen LogP contribution in [0, 0.1) is 0 Å². The first-order valence-electron chi connectivity index (χ1n) is 11.2. The van der Waals surface area contributed by atoms with Gasteiger partial charge in [-0.05, 0) is 78.9 Å². The number of hydrogen-bond donors (Lipinski definition) is 1. The van der Waals surface area contributed by atoms with Gasteiger partial charge in [-0.25, -0.2) is 13.4 Å². The van der Waals surface area contributed by atoms with E-state index in [0.717, 1.165) is 26.5 Å². The van der Waals surface area contributed by atoms with E-state index < -0.39 is 10.0 Å². The van der Waals surface area contributed by atoms with Crippen molar-refractivity contribution in [2.75, 3.05) is 11.8 Å². The van der Waals surface area contributed by atoms with E-state index >= 15 is 0 Å². The molecule has 0 spiro atoms. The van der Waals surface area contributed by atoms with Gasteiger partial charge in [-0.1, -0.05) is 31.4 Å². The zero-order valence-electron chi connectivity index (χ0n) is 18.5. The van der Waals surface area contributed by atoms with Gasteiger partial charge in [-0.15, -0.1) is 11.3 Å². The van der Waals surface area contributed by atoms with Crippen LogP contribution in [-0.4, -0.2) is 20.5 Å². The second-order valence-electron chi connectivity index (χ2n) is 8.44. The molecule has 0 amide bonds. The fraction of sp³-hybridized carbons (Fsp3) is 0.269. The highest BCUT2D eigenvalue weighted by atomic mass is 32.2. The maximum absolute atomic E-state index is 12.9. The average Bonchev–Trinajstić information content (AvgIpc) is 3.28. The van der Waals surface area contributed by atoms with Crippen molar-refractivity contribution in [3.8, 4) is 16.3 Å². The minimum atomic E-state index is -3.64. The number of benzene rings is 3. The summed E-state index contributed by atoms with van der Waals surface area (Å²) in [6, 6.07) is 20.5. The Bertz CT molecular complexity index is 1360. The Morgan fingerprint density at radius 1 is 0.939 bits per heavy atom. The summed E-state index contributed by atoms with van der Waals surface area (Å²) in [4.78, 5) is 4.96. The highest BCUT2D eigenvalue weighted by molar-refractivity contribution is 7.92. The van der Waals surface area contributed by atoms with Crippen molar-refractivity contribution >= 4 is 37.3 Å². The van der Waals surface area contributed by atoms with Crippen molar-refractivity contribution in [2.24, 2.45) is 0 Å². The summed E-state index contributed by atoms with van der Waals surface area (Å²) in [6.45, 7) is 0. The van der Waals surface area contributed by atoms with Crippen molar-refractivity contribution < 1.29 is 13.2 Å². The molecule has 1 fully saturated rings. The number of rotatable bonds is 6. The zero-order valence-corrected chi connectivity index (χ0v) is 20.1. The summed E-state index contributed by atoms with van der Waals surface area (Å²) in [5.74, 6) is 1.36. The zero-order chi connectivity index (χ0) is 22.8. The van der Waals surface area contributed by atoms with E-state index in [4.69, 9.17) is 4.74 Å². The first-order valence-corrected chi connectivity index (χ1v) is 13.5. The van der Waals surface area contributed by atoms with Crippen LogP contribution >= 0.6 is 11.3 Å². The molecule has 33 heavy (non-hydrogen) atoms. The monoisotopic (exact) mass is 478 g/mol. The van der Waals surface area contributed by atoms with E-state index in [9.17, 15) is 8.42 Å². The van der Waals surface area contributed by atoms with Crippen LogP contribution in [0.25, 0.3) is 20.8 Å². The van der Waals surface area contributed by atoms with Gasteiger partial charge in [0.15, 0.2) is 0 Å². The molecule has 0 saturated heterocycles. The first-order chi connectivity index (χ1) is 16.0. The minimum Gasteiger partial charge on any atom is -0.497 e. The summed E-state index contributed by atoms with van der Waals surface area (Å²) in [6.07, 6.45) is 6.21. The lowest BCUT2D eigenvalue weighted by Crippen LogP contribution is -2.13. The van der Waals surface area contributed by atoms with E-state index in [1.165, 1.54) is 37.7 Å². The van der Waals surface area contributed by atoms with Crippen molar-refractivity contribution in [3.05, 3.63) is 72.3 Å². The van der Waals surface area contributed by atoms with Gasteiger partial charge in [0.25, 0.3) is 10.0 Å². The molecule has 5 rings (SSSR count). The van der Waals surface area contributed by atoms with Gasteiger partial charge in [0.2, 0.25) is 0 Å². The first kappa shape index (κ1) is 21.9. The smallest absolute Gasteiger partial charge is 0.261 e. The molecular weight excluding hydrogens is 452 g/mol. The van der Waals surface area contributed by atoms with Crippen molar-refractivity contribution in [1.29, 1.82) is 0 Å². The lowest BCUT2D eigenvalue weighted by molar-refractivity contribution is 0.415. The molecule has 1 aliphatic rings. The van der Waals surface area contributed by atoms with Crippen LogP contribution in [0.2, 0.25) is 0 Å². The summed E-state index contributed by atoms with van der Waals surface area (Å²) in [7, 11) is -2.00. The number of aromatic nitrogens is 1. The molecule has 170 valence electrons. The third-order valence-electron chi connectivity index (χ3n) is 6.25. The molecule has 3 aromatic carbocycles. The molecule has 0 radical (unpaired) electrons. The number of hydrogen-bond acceptors (Lipinski definition) is 5. The molecule has 4 aromatic rings. The predicted octanol–water partition coefficient (Wildman–Crippen LogP) is 6.82. The predicted molar refractivity (Wildman–Crippen MR) is 135 cm³/mol. The molecule has 0 aliphatic heterocycles. The van der Waals surface area contributed by atoms with Gasteiger partial charge in [0.1, 0.15) is 10.8 Å². The quantitative estimate of drug-likeness (QED) is 0.330. The van der Waals surface area contributed by atoms with Crippen LogP contribution in [0.15, 0.2) is 71.6 Å². The molecule has 1 N–H and O–H groups in total. The Kier molecular flexibility index (Phi) is 6.08. The number of nitrogens with zero attached hydrogens (tertiary/aromatic N) is 1. The van der Waals surface area contributed by atoms with Gasteiger partial charge >= 0.3 is 0 Å². The molecule has 7 heteroatoms. The van der Waals surface area contributed by atoms with E-state index in [2.05, 4.69) is 9.71 Å². The molecule has 1 aliphatic carbocycles. The average molecular weight is 479 g/mol. The summed E-state index contributed by atoms with van der Waals surface area (Å²) >= 11 is 1.58. The van der Waals surface area contributed by atoms with E-state index in [1.54, 1.807) is 42.7 Å². The second-order valence-corrected chi connectivity index (χ2v) is 11.2.